The molecule has 3 heterocycles. The predicted octanol–water partition coefficient (Wildman–Crippen LogP) is 5.60. The number of alkyl carbamates (subject to hydrolysis) is 1. The van der Waals surface area contributed by atoms with Gasteiger partial charge in [0, 0.05) is 31.1 Å². The maximum absolute atomic E-state index is 13.2. The van der Waals surface area contributed by atoms with Crippen molar-refractivity contribution in [2.24, 2.45) is 5.92 Å². The Labute approximate surface area is 320 Å². The third kappa shape index (κ3) is 8.68. The molecule has 0 radical (unpaired) electrons. The number of benzene rings is 4. The second kappa shape index (κ2) is 17.0. The number of hydrogen-bond acceptors (Lipinski definition) is 10. The van der Waals surface area contributed by atoms with Crippen LogP contribution in [0.1, 0.15) is 64.7 Å². The van der Waals surface area contributed by atoms with Crippen LogP contribution in [0.2, 0.25) is 0 Å². The van der Waals surface area contributed by atoms with Gasteiger partial charge in [0.2, 0.25) is 5.91 Å². The molecule has 0 bridgehead atoms. The van der Waals surface area contributed by atoms with Crippen LogP contribution in [0.25, 0.3) is 0 Å². The van der Waals surface area contributed by atoms with Gasteiger partial charge in [-0.25, -0.2) is 4.79 Å². The van der Waals surface area contributed by atoms with E-state index in [-0.39, 0.29) is 50.2 Å². The Kier molecular flexibility index (Phi) is 11.8. The van der Waals surface area contributed by atoms with E-state index in [1.165, 1.54) is 11.1 Å². The number of nitrogens with zero attached hydrogens (tertiary/aromatic N) is 2. The standard InChI is InChI=1S/C43H47N3O9/c1-27-38(24-45-18-17-33-19-36(51-2)37(52-3)20-34(33)23-45)54-42(55-40(27)31-13-11-29(25-47)12-14-31)32-15-9-28(10-16-32)22-46-39(48)21-35(41(46)49)44-43(50)53-26-30-7-5-4-6-8-30/h4-16,19-20,27,35,38,40,42,47H,17-18,21-26H2,1-3H3,(H,44,50)/t27-,35?,38+,40+,42+/m1/s1. The molecule has 0 aromatic heterocycles. The van der Waals surface area contributed by atoms with E-state index in [1.54, 1.807) is 14.2 Å². The second-order valence-corrected chi connectivity index (χ2v) is 14.3. The number of aliphatic hydroxyl groups excluding tert-OH is 1. The van der Waals surface area contributed by atoms with Crippen LogP contribution in [0.5, 0.6) is 11.5 Å². The number of nitrogens with one attached hydrogen (secondary N) is 1. The monoisotopic (exact) mass is 749 g/mol. The van der Waals surface area contributed by atoms with Crippen molar-refractivity contribution in [3.05, 3.63) is 130 Å². The van der Waals surface area contributed by atoms with Gasteiger partial charge in [0.05, 0.1) is 46.0 Å². The van der Waals surface area contributed by atoms with Crippen molar-refractivity contribution in [2.75, 3.05) is 27.3 Å². The normalized spacial score (nSPS) is 22.6. The summed E-state index contributed by atoms with van der Waals surface area (Å²) in [6, 6.07) is 27.7. The minimum absolute atomic E-state index is 0.00617. The highest BCUT2D eigenvalue weighted by atomic mass is 16.7. The van der Waals surface area contributed by atoms with Gasteiger partial charge < -0.3 is 34.1 Å². The molecule has 0 saturated carbocycles. The minimum atomic E-state index is -0.986. The summed E-state index contributed by atoms with van der Waals surface area (Å²) in [6.45, 7) is 4.53. The molecule has 4 aromatic carbocycles. The molecule has 3 amide bonds. The molecule has 2 N–H and O–H groups in total. The molecule has 288 valence electrons. The smallest absolute Gasteiger partial charge is 0.408 e. The van der Waals surface area contributed by atoms with E-state index in [1.807, 2.05) is 78.9 Å². The topological polar surface area (TPSA) is 136 Å². The maximum atomic E-state index is 13.2. The molecule has 0 aliphatic carbocycles. The van der Waals surface area contributed by atoms with Crippen molar-refractivity contribution in [1.29, 1.82) is 0 Å². The Hall–Kier alpha value is -5.27. The Morgan fingerprint density at radius 3 is 2.22 bits per heavy atom. The van der Waals surface area contributed by atoms with Crippen LogP contribution in [0.15, 0.2) is 91.0 Å². The quantitative estimate of drug-likeness (QED) is 0.176. The number of fused-ring (bicyclic) bond motifs is 1. The first-order valence-electron chi connectivity index (χ1n) is 18.6. The number of hydrogen-bond donors (Lipinski definition) is 2. The molecule has 2 saturated heterocycles. The van der Waals surface area contributed by atoms with E-state index in [4.69, 9.17) is 23.7 Å². The average Bonchev–Trinajstić information content (AvgIpc) is 3.47. The molecule has 7 rings (SSSR count). The lowest BCUT2D eigenvalue weighted by Gasteiger charge is -2.43. The first-order valence-corrected chi connectivity index (χ1v) is 18.6. The maximum Gasteiger partial charge on any atom is 0.408 e. The van der Waals surface area contributed by atoms with Gasteiger partial charge in [0.15, 0.2) is 17.8 Å². The lowest BCUT2D eigenvalue weighted by molar-refractivity contribution is -0.276. The van der Waals surface area contributed by atoms with Gasteiger partial charge in [-0.1, -0.05) is 85.8 Å². The number of aliphatic hydroxyl groups is 1. The Balaban J connectivity index is 1.02. The average molecular weight is 750 g/mol. The van der Waals surface area contributed by atoms with Crippen molar-refractivity contribution in [3.63, 3.8) is 0 Å². The highest BCUT2D eigenvalue weighted by Gasteiger charge is 2.41. The number of carbonyl (C=O) groups excluding carboxylic acids is 3. The second-order valence-electron chi connectivity index (χ2n) is 14.3. The SMILES string of the molecule is COc1cc2c(cc1OC)CN(C[C@@H]1O[C@H](c3ccc(CN4C(=O)CC(NC(=O)OCc5ccccc5)C4=O)cc3)O[C@H](c3ccc(CO)cc3)[C@@H]1C)CC2. The highest BCUT2D eigenvalue weighted by molar-refractivity contribution is 6.06. The Morgan fingerprint density at radius 2 is 1.53 bits per heavy atom. The first kappa shape index (κ1) is 38.0. The van der Waals surface area contributed by atoms with Gasteiger partial charge in [-0.2, -0.15) is 0 Å². The molecule has 12 heteroatoms. The van der Waals surface area contributed by atoms with Crippen LogP contribution in [0, 0.1) is 5.92 Å². The van der Waals surface area contributed by atoms with Crippen molar-refractivity contribution >= 4 is 17.9 Å². The zero-order valence-corrected chi connectivity index (χ0v) is 31.3. The number of amides is 3. The molecular formula is C43H47N3O9. The third-order valence-electron chi connectivity index (χ3n) is 10.7. The van der Waals surface area contributed by atoms with Crippen LogP contribution < -0.4 is 14.8 Å². The van der Waals surface area contributed by atoms with E-state index in [0.717, 1.165) is 58.0 Å². The van der Waals surface area contributed by atoms with Crippen LogP contribution in [-0.2, 0) is 56.5 Å². The summed E-state index contributed by atoms with van der Waals surface area (Å²) in [7, 11) is 3.30. The van der Waals surface area contributed by atoms with Gasteiger partial charge in [0.25, 0.3) is 5.91 Å². The fraction of sp³-hybridized carbons (Fsp3) is 0.372. The largest absolute Gasteiger partial charge is 0.493 e. The van der Waals surface area contributed by atoms with Gasteiger partial charge >= 0.3 is 6.09 Å². The zero-order valence-electron chi connectivity index (χ0n) is 31.3. The molecule has 3 aliphatic heterocycles. The van der Waals surface area contributed by atoms with Crippen LogP contribution in [-0.4, -0.2) is 72.3 Å². The van der Waals surface area contributed by atoms with Crippen LogP contribution in [0.3, 0.4) is 0 Å². The van der Waals surface area contributed by atoms with Gasteiger partial charge in [-0.05, 0) is 51.9 Å². The zero-order chi connectivity index (χ0) is 38.5. The number of ether oxygens (including phenoxy) is 5. The molecule has 4 aromatic rings. The summed E-state index contributed by atoms with van der Waals surface area (Å²) in [5, 5.41) is 12.2. The molecule has 55 heavy (non-hydrogen) atoms. The minimum Gasteiger partial charge on any atom is -0.493 e. The predicted molar refractivity (Wildman–Crippen MR) is 202 cm³/mol. The van der Waals surface area contributed by atoms with Gasteiger partial charge in [0.1, 0.15) is 12.6 Å². The van der Waals surface area contributed by atoms with Crippen molar-refractivity contribution in [3.8, 4) is 11.5 Å². The number of rotatable bonds is 12. The molecule has 12 nitrogen and oxygen atoms in total. The molecule has 1 unspecified atom stereocenters. The summed E-state index contributed by atoms with van der Waals surface area (Å²) in [6.07, 6.45) is -1.14. The number of likely N-dealkylation sites (tertiary alicyclic amines) is 1. The van der Waals surface area contributed by atoms with E-state index < -0.39 is 24.3 Å². The van der Waals surface area contributed by atoms with Gasteiger partial charge in [-0.3, -0.25) is 19.4 Å². The molecule has 0 spiro atoms. The molecule has 5 atom stereocenters. The van der Waals surface area contributed by atoms with E-state index in [2.05, 4.69) is 29.3 Å². The lowest BCUT2D eigenvalue weighted by Crippen LogP contribution is -2.45. The molecular weight excluding hydrogens is 702 g/mol. The van der Waals surface area contributed by atoms with Crippen molar-refractivity contribution in [2.45, 2.75) is 70.6 Å². The Morgan fingerprint density at radius 1 is 0.855 bits per heavy atom. The fourth-order valence-electron chi connectivity index (χ4n) is 7.51. The fourth-order valence-corrected chi connectivity index (χ4v) is 7.51. The summed E-state index contributed by atoms with van der Waals surface area (Å²) in [5.41, 5.74) is 6.64. The number of imide groups is 1. The van der Waals surface area contributed by atoms with Crippen LogP contribution >= 0.6 is 0 Å². The van der Waals surface area contributed by atoms with Gasteiger partial charge in [-0.15, -0.1) is 0 Å². The summed E-state index contributed by atoms with van der Waals surface area (Å²) in [5.74, 6) is 0.604. The lowest BCUT2D eigenvalue weighted by atomic mass is 9.89. The highest BCUT2D eigenvalue weighted by Crippen LogP contribution is 2.42. The number of methoxy groups -OCH3 is 2. The molecule has 2 fully saturated rings. The third-order valence-corrected chi connectivity index (χ3v) is 10.7. The van der Waals surface area contributed by atoms with E-state index in [9.17, 15) is 19.5 Å². The van der Waals surface area contributed by atoms with Crippen LogP contribution in [0.4, 0.5) is 4.79 Å². The van der Waals surface area contributed by atoms with Crippen molar-refractivity contribution < 1.29 is 43.2 Å². The first-order chi connectivity index (χ1) is 26.7. The Bertz CT molecular complexity index is 1970. The van der Waals surface area contributed by atoms with Crippen molar-refractivity contribution in [1.82, 2.24) is 15.1 Å². The summed E-state index contributed by atoms with van der Waals surface area (Å²) < 4.78 is 29.8. The summed E-state index contributed by atoms with van der Waals surface area (Å²) >= 11 is 0. The molecule has 3 aliphatic rings. The van der Waals surface area contributed by atoms with E-state index >= 15 is 0 Å². The van der Waals surface area contributed by atoms with E-state index in [0.29, 0.717) is 12.3 Å². The number of carbonyl (C=O) groups is 3. The summed E-state index contributed by atoms with van der Waals surface area (Å²) in [4.78, 5) is 42.0.